The van der Waals surface area contributed by atoms with Crippen LogP contribution < -0.4 is 4.74 Å². The van der Waals surface area contributed by atoms with Crippen molar-refractivity contribution < 1.29 is 14.6 Å². The lowest BCUT2D eigenvalue weighted by Gasteiger charge is -1.94. The highest BCUT2D eigenvalue weighted by atomic mass is 16.7. The standard InChI is InChI=1S/C7H9NO3/c1-4-3-6(5(2)8-4)11-7(9)10/h3,8H,1-2H3,(H,9,10). The first-order chi connectivity index (χ1) is 5.09. The first kappa shape index (κ1) is 7.65. The Morgan fingerprint density at radius 3 is 2.64 bits per heavy atom. The number of hydrogen-bond acceptors (Lipinski definition) is 2. The van der Waals surface area contributed by atoms with E-state index in [0.29, 0.717) is 5.75 Å². The molecule has 4 heteroatoms. The second kappa shape index (κ2) is 2.65. The van der Waals surface area contributed by atoms with Crippen molar-refractivity contribution in [2.24, 2.45) is 0 Å². The molecule has 0 fully saturated rings. The van der Waals surface area contributed by atoms with Crippen LogP contribution in [0, 0.1) is 13.8 Å². The number of ether oxygens (including phenoxy) is 1. The average Bonchev–Trinajstić information content (AvgIpc) is 2.09. The Morgan fingerprint density at radius 1 is 1.64 bits per heavy atom. The Balaban J connectivity index is 2.85. The highest BCUT2D eigenvalue weighted by Crippen LogP contribution is 2.17. The van der Waals surface area contributed by atoms with Gasteiger partial charge in [0, 0.05) is 11.8 Å². The lowest BCUT2D eigenvalue weighted by Crippen LogP contribution is -2.02. The van der Waals surface area contributed by atoms with Crippen molar-refractivity contribution in [1.29, 1.82) is 0 Å². The van der Waals surface area contributed by atoms with Crippen molar-refractivity contribution in [2.45, 2.75) is 13.8 Å². The van der Waals surface area contributed by atoms with Crippen molar-refractivity contribution in [3.05, 3.63) is 17.5 Å². The van der Waals surface area contributed by atoms with Crippen molar-refractivity contribution in [3.8, 4) is 5.75 Å². The molecule has 1 heterocycles. The van der Waals surface area contributed by atoms with Gasteiger partial charge in [0.25, 0.3) is 0 Å². The fourth-order valence-electron chi connectivity index (χ4n) is 0.898. The summed E-state index contributed by atoms with van der Waals surface area (Å²) in [5, 5.41) is 8.26. The van der Waals surface area contributed by atoms with Crippen LogP contribution in [-0.2, 0) is 0 Å². The van der Waals surface area contributed by atoms with E-state index in [1.54, 1.807) is 13.0 Å². The van der Waals surface area contributed by atoms with Crippen molar-refractivity contribution in [2.75, 3.05) is 0 Å². The molecule has 0 aliphatic heterocycles. The molecule has 1 aromatic rings. The lowest BCUT2D eigenvalue weighted by atomic mass is 10.4. The van der Waals surface area contributed by atoms with Crippen LogP contribution in [0.2, 0.25) is 0 Å². The number of aromatic nitrogens is 1. The predicted octanol–water partition coefficient (Wildman–Crippen LogP) is 1.69. The van der Waals surface area contributed by atoms with Crippen LogP contribution >= 0.6 is 0 Å². The minimum absolute atomic E-state index is 0.370. The van der Waals surface area contributed by atoms with Gasteiger partial charge in [0.2, 0.25) is 0 Å². The maximum absolute atomic E-state index is 10.1. The number of carbonyl (C=O) groups is 1. The maximum atomic E-state index is 10.1. The summed E-state index contributed by atoms with van der Waals surface area (Å²) in [5.74, 6) is 0.370. The Hall–Kier alpha value is -1.45. The van der Waals surface area contributed by atoms with Gasteiger partial charge in [0.05, 0.1) is 5.69 Å². The third kappa shape index (κ3) is 1.73. The molecule has 2 N–H and O–H groups in total. The van der Waals surface area contributed by atoms with E-state index in [9.17, 15) is 4.79 Å². The van der Waals surface area contributed by atoms with Crippen molar-refractivity contribution in [3.63, 3.8) is 0 Å². The van der Waals surface area contributed by atoms with Gasteiger partial charge >= 0.3 is 6.16 Å². The van der Waals surface area contributed by atoms with Crippen LogP contribution in [0.1, 0.15) is 11.4 Å². The van der Waals surface area contributed by atoms with Gasteiger partial charge in [-0.2, -0.15) is 0 Å². The summed E-state index contributed by atoms with van der Waals surface area (Å²) >= 11 is 0. The number of aryl methyl sites for hydroxylation is 2. The highest BCUT2D eigenvalue weighted by molar-refractivity contribution is 5.61. The third-order valence-corrected chi connectivity index (χ3v) is 1.30. The number of aromatic amines is 1. The molecule has 1 aromatic heterocycles. The van der Waals surface area contributed by atoms with Crippen LogP contribution in [0.4, 0.5) is 4.79 Å². The Morgan fingerprint density at radius 2 is 2.27 bits per heavy atom. The van der Waals surface area contributed by atoms with E-state index in [4.69, 9.17) is 5.11 Å². The molecule has 1 rings (SSSR count). The molecule has 0 aromatic carbocycles. The molecule has 0 saturated carbocycles. The van der Waals surface area contributed by atoms with Gasteiger partial charge in [-0.05, 0) is 13.8 Å². The quantitative estimate of drug-likeness (QED) is 0.606. The molecule has 0 atom stereocenters. The van der Waals surface area contributed by atoms with E-state index in [-0.39, 0.29) is 0 Å². The number of rotatable bonds is 1. The Kier molecular flexibility index (Phi) is 1.85. The van der Waals surface area contributed by atoms with Gasteiger partial charge in [-0.15, -0.1) is 0 Å². The average molecular weight is 155 g/mol. The van der Waals surface area contributed by atoms with Crippen LogP contribution in [-0.4, -0.2) is 16.2 Å². The summed E-state index contributed by atoms with van der Waals surface area (Å²) in [6.07, 6.45) is -1.29. The number of nitrogens with one attached hydrogen (secondary N) is 1. The molecule has 0 bridgehead atoms. The first-order valence-electron chi connectivity index (χ1n) is 3.16. The van der Waals surface area contributed by atoms with Gasteiger partial charge in [-0.25, -0.2) is 4.79 Å². The van der Waals surface area contributed by atoms with E-state index < -0.39 is 6.16 Å². The summed E-state index contributed by atoms with van der Waals surface area (Å²) in [6, 6.07) is 1.64. The summed E-state index contributed by atoms with van der Waals surface area (Å²) in [7, 11) is 0. The molecule has 11 heavy (non-hydrogen) atoms. The monoisotopic (exact) mass is 155 g/mol. The molecule has 0 radical (unpaired) electrons. The van der Waals surface area contributed by atoms with Crippen molar-refractivity contribution >= 4 is 6.16 Å². The maximum Gasteiger partial charge on any atom is 0.511 e. The smallest absolute Gasteiger partial charge is 0.449 e. The zero-order valence-electron chi connectivity index (χ0n) is 6.34. The lowest BCUT2D eigenvalue weighted by molar-refractivity contribution is 0.144. The third-order valence-electron chi connectivity index (χ3n) is 1.30. The van der Waals surface area contributed by atoms with Crippen molar-refractivity contribution in [1.82, 2.24) is 4.98 Å². The Bertz CT molecular complexity index is 277. The number of H-pyrrole nitrogens is 1. The fourth-order valence-corrected chi connectivity index (χ4v) is 0.898. The molecular weight excluding hydrogens is 146 g/mol. The predicted molar refractivity (Wildman–Crippen MR) is 38.9 cm³/mol. The molecule has 0 unspecified atom stereocenters. The molecule has 60 valence electrons. The molecule has 0 aliphatic rings. The summed E-state index contributed by atoms with van der Waals surface area (Å²) < 4.78 is 4.45. The molecule has 4 nitrogen and oxygen atoms in total. The zero-order valence-corrected chi connectivity index (χ0v) is 6.34. The van der Waals surface area contributed by atoms with Gasteiger partial charge in [0.1, 0.15) is 0 Å². The minimum atomic E-state index is -1.29. The second-order valence-corrected chi connectivity index (χ2v) is 2.31. The second-order valence-electron chi connectivity index (χ2n) is 2.31. The van der Waals surface area contributed by atoms with Crippen LogP contribution in [0.3, 0.4) is 0 Å². The summed E-state index contributed by atoms with van der Waals surface area (Å²) in [4.78, 5) is 13.0. The highest BCUT2D eigenvalue weighted by Gasteiger charge is 2.06. The molecule has 0 aliphatic carbocycles. The zero-order chi connectivity index (χ0) is 8.43. The van der Waals surface area contributed by atoms with Gasteiger partial charge in [-0.3, -0.25) is 0 Å². The van der Waals surface area contributed by atoms with E-state index in [0.717, 1.165) is 11.4 Å². The number of carboxylic acid groups (broad SMARTS) is 1. The molecule has 0 spiro atoms. The molecule has 0 saturated heterocycles. The van der Waals surface area contributed by atoms with Gasteiger partial charge < -0.3 is 14.8 Å². The van der Waals surface area contributed by atoms with Gasteiger partial charge in [0.15, 0.2) is 5.75 Å². The number of hydrogen-bond donors (Lipinski definition) is 2. The van der Waals surface area contributed by atoms with Crippen LogP contribution in [0.25, 0.3) is 0 Å². The summed E-state index contributed by atoms with van der Waals surface area (Å²) in [6.45, 7) is 3.59. The molecular formula is C7H9NO3. The normalized spacial score (nSPS) is 9.64. The van der Waals surface area contributed by atoms with E-state index in [2.05, 4.69) is 9.72 Å². The minimum Gasteiger partial charge on any atom is -0.449 e. The topological polar surface area (TPSA) is 62.3 Å². The fraction of sp³-hybridized carbons (Fsp3) is 0.286. The molecule has 0 amide bonds. The Labute approximate surface area is 63.8 Å². The summed E-state index contributed by atoms with van der Waals surface area (Å²) in [5.41, 5.74) is 1.61. The SMILES string of the molecule is Cc1cc(OC(=O)O)c(C)[nH]1. The van der Waals surface area contributed by atoms with E-state index in [1.807, 2.05) is 6.92 Å². The van der Waals surface area contributed by atoms with Crippen LogP contribution in [0.5, 0.6) is 5.75 Å². The van der Waals surface area contributed by atoms with E-state index in [1.165, 1.54) is 0 Å². The van der Waals surface area contributed by atoms with Crippen LogP contribution in [0.15, 0.2) is 6.07 Å². The first-order valence-corrected chi connectivity index (χ1v) is 3.16. The van der Waals surface area contributed by atoms with Gasteiger partial charge in [-0.1, -0.05) is 0 Å². The largest absolute Gasteiger partial charge is 0.511 e. The van der Waals surface area contributed by atoms with E-state index >= 15 is 0 Å².